The fraction of sp³-hybridized carbons (Fsp3) is 0.900. The standard InChI is InChI=1S/C10H21N3O/c1-2-12-10(14)7-9(8-11)13-5-3-4-6-13/h9H,2-8,11H2,1H3,(H,12,14). The third kappa shape index (κ3) is 3.27. The molecular weight excluding hydrogens is 178 g/mol. The molecule has 1 unspecified atom stereocenters. The second kappa shape index (κ2) is 5.98. The minimum atomic E-state index is 0.120. The van der Waals surface area contributed by atoms with E-state index < -0.39 is 0 Å². The lowest BCUT2D eigenvalue weighted by Crippen LogP contribution is -2.42. The zero-order chi connectivity index (χ0) is 10.4. The molecule has 1 fully saturated rings. The Kier molecular flexibility index (Phi) is 4.90. The van der Waals surface area contributed by atoms with Gasteiger partial charge in [0.1, 0.15) is 0 Å². The van der Waals surface area contributed by atoms with E-state index in [-0.39, 0.29) is 11.9 Å². The monoisotopic (exact) mass is 199 g/mol. The predicted octanol–water partition coefficient (Wildman–Crippen LogP) is -0.0643. The van der Waals surface area contributed by atoms with Gasteiger partial charge < -0.3 is 11.1 Å². The zero-order valence-corrected chi connectivity index (χ0v) is 8.96. The SMILES string of the molecule is CCNC(=O)CC(CN)N1CCCC1. The van der Waals surface area contributed by atoms with Crippen molar-refractivity contribution in [1.29, 1.82) is 0 Å². The Morgan fingerprint density at radius 2 is 2.14 bits per heavy atom. The highest BCUT2D eigenvalue weighted by Crippen LogP contribution is 2.13. The minimum Gasteiger partial charge on any atom is -0.356 e. The molecule has 0 aromatic heterocycles. The topological polar surface area (TPSA) is 58.4 Å². The summed E-state index contributed by atoms with van der Waals surface area (Å²) in [5, 5.41) is 2.81. The molecule has 3 N–H and O–H groups in total. The lowest BCUT2D eigenvalue weighted by Gasteiger charge is -2.25. The van der Waals surface area contributed by atoms with E-state index in [2.05, 4.69) is 10.2 Å². The number of nitrogens with two attached hydrogens (primary N) is 1. The van der Waals surface area contributed by atoms with Gasteiger partial charge in [-0.1, -0.05) is 0 Å². The van der Waals surface area contributed by atoms with Crippen LogP contribution >= 0.6 is 0 Å². The number of nitrogens with zero attached hydrogens (tertiary/aromatic N) is 1. The van der Waals surface area contributed by atoms with Gasteiger partial charge in [0.25, 0.3) is 0 Å². The summed E-state index contributed by atoms with van der Waals surface area (Å²) in [6.07, 6.45) is 3.03. The Labute approximate surface area is 85.8 Å². The Morgan fingerprint density at radius 3 is 2.64 bits per heavy atom. The van der Waals surface area contributed by atoms with E-state index >= 15 is 0 Å². The lowest BCUT2D eigenvalue weighted by atomic mass is 10.1. The highest BCUT2D eigenvalue weighted by Gasteiger charge is 2.22. The first-order chi connectivity index (χ1) is 6.77. The molecule has 1 aliphatic heterocycles. The molecule has 0 bridgehead atoms. The Balaban J connectivity index is 2.33. The third-order valence-corrected chi connectivity index (χ3v) is 2.72. The van der Waals surface area contributed by atoms with Crippen LogP contribution in [0.2, 0.25) is 0 Å². The van der Waals surface area contributed by atoms with Crippen LogP contribution in [0.4, 0.5) is 0 Å². The van der Waals surface area contributed by atoms with Gasteiger partial charge in [-0.2, -0.15) is 0 Å². The molecule has 1 atom stereocenters. The number of amides is 1. The van der Waals surface area contributed by atoms with Crippen molar-refractivity contribution in [3.05, 3.63) is 0 Å². The summed E-state index contributed by atoms with van der Waals surface area (Å²) < 4.78 is 0. The van der Waals surface area contributed by atoms with Crippen LogP contribution in [-0.4, -0.2) is 43.0 Å². The van der Waals surface area contributed by atoms with Crippen molar-refractivity contribution < 1.29 is 4.79 Å². The van der Waals surface area contributed by atoms with Crippen LogP contribution in [-0.2, 0) is 4.79 Å². The Morgan fingerprint density at radius 1 is 1.50 bits per heavy atom. The van der Waals surface area contributed by atoms with Crippen LogP contribution in [0, 0.1) is 0 Å². The maximum absolute atomic E-state index is 11.4. The quantitative estimate of drug-likeness (QED) is 0.652. The first-order valence-electron chi connectivity index (χ1n) is 5.48. The van der Waals surface area contributed by atoms with E-state index in [4.69, 9.17) is 5.73 Å². The van der Waals surface area contributed by atoms with E-state index in [0.29, 0.717) is 19.5 Å². The summed E-state index contributed by atoms with van der Waals surface area (Å²) in [5.74, 6) is 0.120. The van der Waals surface area contributed by atoms with Crippen molar-refractivity contribution in [3.63, 3.8) is 0 Å². The first-order valence-corrected chi connectivity index (χ1v) is 5.48. The molecule has 14 heavy (non-hydrogen) atoms. The molecule has 4 heteroatoms. The molecule has 82 valence electrons. The average Bonchev–Trinajstić information content (AvgIpc) is 2.67. The van der Waals surface area contributed by atoms with Gasteiger partial charge in [-0.3, -0.25) is 9.69 Å². The number of rotatable bonds is 5. The molecule has 0 aromatic carbocycles. The maximum Gasteiger partial charge on any atom is 0.221 e. The van der Waals surface area contributed by atoms with Crippen molar-refractivity contribution in [3.8, 4) is 0 Å². The van der Waals surface area contributed by atoms with Crippen molar-refractivity contribution in [2.75, 3.05) is 26.2 Å². The largest absolute Gasteiger partial charge is 0.356 e. The van der Waals surface area contributed by atoms with Crippen LogP contribution in [0.1, 0.15) is 26.2 Å². The van der Waals surface area contributed by atoms with Crippen molar-refractivity contribution in [2.24, 2.45) is 5.73 Å². The van der Waals surface area contributed by atoms with Crippen LogP contribution in [0.25, 0.3) is 0 Å². The Hall–Kier alpha value is -0.610. The predicted molar refractivity (Wildman–Crippen MR) is 57.0 cm³/mol. The van der Waals surface area contributed by atoms with E-state index in [0.717, 1.165) is 13.1 Å². The molecular formula is C10H21N3O. The first kappa shape index (κ1) is 11.5. The molecule has 0 spiro atoms. The molecule has 4 nitrogen and oxygen atoms in total. The summed E-state index contributed by atoms with van der Waals surface area (Å²) in [7, 11) is 0. The van der Waals surface area contributed by atoms with E-state index in [1.165, 1.54) is 12.8 Å². The molecule has 1 heterocycles. The molecule has 0 radical (unpaired) electrons. The van der Waals surface area contributed by atoms with Gasteiger partial charge in [0.2, 0.25) is 5.91 Å². The summed E-state index contributed by atoms with van der Waals surface area (Å²) in [6, 6.07) is 0.240. The molecule has 1 amide bonds. The summed E-state index contributed by atoms with van der Waals surface area (Å²) in [5.41, 5.74) is 5.68. The second-order valence-corrected chi connectivity index (χ2v) is 3.79. The van der Waals surface area contributed by atoms with E-state index in [1.54, 1.807) is 0 Å². The number of hydrogen-bond acceptors (Lipinski definition) is 3. The lowest BCUT2D eigenvalue weighted by molar-refractivity contribution is -0.122. The van der Waals surface area contributed by atoms with Crippen molar-refractivity contribution in [1.82, 2.24) is 10.2 Å². The average molecular weight is 199 g/mol. The summed E-state index contributed by atoms with van der Waals surface area (Å²) in [4.78, 5) is 13.7. The van der Waals surface area contributed by atoms with Crippen LogP contribution in [0.3, 0.4) is 0 Å². The molecule has 1 rings (SSSR count). The third-order valence-electron chi connectivity index (χ3n) is 2.72. The highest BCUT2D eigenvalue weighted by atomic mass is 16.1. The van der Waals surface area contributed by atoms with E-state index in [9.17, 15) is 4.79 Å². The summed E-state index contributed by atoms with van der Waals surface area (Å²) >= 11 is 0. The second-order valence-electron chi connectivity index (χ2n) is 3.79. The van der Waals surface area contributed by atoms with Gasteiger partial charge in [-0.05, 0) is 32.9 Å². The van der Waals surface area contributed by atoms with Gasteiger partial charge in [-0.15, -0.1) is 0 Å². The van der Waals surface area contributed by atoms with Gasteiger partial charge in [-0.25, -0.2) is 0 Å². The van der Waals surface area contributed by atoms with Crippen LogP contribution in [0.5, 0.6) is 0 Å². The fourth-order valence-corrected chi connectivity index (χ4v) is 1.95. The summed E-state index contributed by atoms with van der Waals surface area (Å²) in [6.45, 7) is 5.42. The van der Waals surface area contributed by atoms with Gasteiger partial charge in [0.05, 0.1) is 0 Å². The molecule has 0 aliphatic carbocycles. The smallest absolute Gasteiger partial charge is 0.221 e. The number of nitrogens with one attached hydrogen (secondary N) is 1. The molecule has 0 saturated carbocycles. The molecule has 1 saturated heterocycles. The zero-order valence-electron chi connectivity index (χ0n) is 8.96. The Bertz CT molecular complexity index is 178. The number of carbonyl (C=O) groups is 1. The van der Waals surface area contributed by atoms with Crippen LogP contribution in [0.15, 0.2) is 0 Å². The minimum absolute atomic E-state index is 0.120. The number of carbonyl (C=O) groups excluding carboxylic acids is 1. The normalized spacial score (nSPS) is 19.6. The van der Waals surface area contributed by atoms with Crippen LogP contribution < -0.4 is 11.1 Å². The fourth-order valence-electron chi connectivity index (χ4n) is 1.95. The van der Waals surface area contributed by atoms with Gasteiger partial charge >= 0.3 is 0 Å². The van der Waals surface area contributed by atoms with E-state index in [1.807, 2.05) is 6.92 Å². The number of likely N-dealkylation sites (tertiary alicyclic amines) is 1. The van der Waals surface area contributed by atoms with Crippen molar-refractivity contribution in [2.45, 2.75) is 32.2 Å². The highest BCUT2D eigenvalue weighted by molar-refractivity contribution is 5.76. The number of hydrogen-bond donors (Lipinski definition) is 2. The van der Waals surface area contributed by atoms with Gasteiger partial charge in [0, 0.05) is 25.6 Å². The maximum atomic E-state index is 11.4. The molecule has 1 aliphatic rings. The van der Waals surface area contributed by atoms with Crippen molar-refractivity contribution >= 4 is 5.91 Å². The van der Waals surface area contributed by atoms with Gasteiger partial charge in [0.15, 0.2) is 0 Å². The molecule has 0 aromatic rings.